The summed E-state index contributed by atoms with van der Waals surface area (Å²) in [4.78, 5) is 0. The van der Waals surface area contributed by atoms with E-state index in [2.05, 4.69) is 55.1 Å². The Bertz CT molecular complexity index is 728. The van der Waals surface area contributed by atoms with Gasteiger partial charge < -0.3 is 13.7 Å². The van der Waals surface area contributed by atoms with Crippen molar-refractivity contribution in [3.05, 3.63) is 51.0 Å². The van der Waals surface area contributed by atoms with Crippen LogP contribution in [0, 0.1) is 20.8 Å². The average molecular weight is 372 g/mol. The van der Waals surface area contributed by atoms with Crippen LogP contribution in [0.3, 0.4) is 0 Å². The molecule has 0 amide bonds. The first kappa shape index (κ1) is 16.6. The smallest absolute Gasteiger partial charge is 0.444 e. The zero-order valence-corrected chi connectivity index (χ0v) is 16.1. The van der Waals surface area contributed by atoms with Gasteiger partial charge in [-0.05, 0) is 71.8 Å². The van der Waals surface area contributed by atoms with Crippen molar-refractivity contribution in [1.82, 2.24) is 0 Å². The minimum atomic E-state index is -0.405. The lowest BCUT2D eigenvalue weighted by molar-refractivity contribution is 0.310. The SMILES string of the molecule is Cc1csc(B2OB(c3cc(C)cs3)OB(c3cc(C)cs3)O2)c1. The standard InChI is InChI=1S/C15H15B3O3S3/c1-10-4-13(22-7-10)16-19-17(14-5-11(2)8-23-14)21-18(20-16)15-6-12(3)9-24-15/h4-9H,1-3H3. The highest BCUT2D eigenvalue weighted by molar-refractivity contribution is 7.25. The first-order valence-corrected chi connectivity index (χ1v) is 10.3. The normalized spacial score (nSPS) is 15.4. The van der Waals surface area contributed by atoms with Crippen molar-refractivity contribution in [2.45, 2.75) is 20.8 Å². The molecule has 0 aromatic carbocycles. The van der Waals surface area contributed by atoms with E-state index in [-0.39, 0.29) is 0 Å². The molecule has 0 N–H and O–H groups in total. The molecule has 0 atom stereocenters. The van der Waals surface area contributed by atoms with E-state index in [1.54, 1.807) is 34.0 Å². The third kappa shape index (κ3) is 3.42. The van der Waals surface area contributed by atoms with E-state index < -0.39 is 21.4 Å². The first-order valence-electron chi connectivity index (χ1n) is 7.70. The molecule has 0 radical (unpaired) electrons. The van der Waals surface area contributed by atoms with Crippen molar-refractivity contribution in [2.75, 3.05) is 0 Å². The second kappa shape index (κ2) is 6.82. The van der Waals surface area contributed by atoms with Crippen LogP contribution in [-0.4, -0.2) is 21.4 Å². The summed E-state index contributed by atoms with van der Waals surface area (Å²) in [5.74, 6) is 0. The molecule has 24 heavy (non-hydrogen) atoms. The number of thiophene rings is 3. The predicted molar refractivity (Wildman–Crippen MR) is 107 cm³/mol. The van der Waals surface area contributed by atoms with E-state index in [4.69, 9.17) is 13.7 Å². The monoisotopic (exact) mass is 372 g/mol. The molecule has 3 aromatic heterocycles. The van der Waals surface area contributed by atoms with Crippen LogP contribution >= 0.6 is 34.0 Å². The van der Waals surface area contributed by atoms with Gasteiger partial charge in [-0.15, -0.1) is 0 Å². The highest BCUT2D eigenvalue weighted by Crippen LogP contribution is 2.17. The lowest BCUT2D eigenvalue weighted by Gasteiger charge is -2.29. The molecule has 1 aliphatic heterocycles. The van der Waals surface area contributed by atoms with Gasteiger partial charge in [0.05, 0.1) is 0 Å². The van der Waals surface area contributed by atoms with E-state index in [9.17, 15) is 0 Å². The lowest BCUT2D eigenvalue weighted by atomic mass is 9.67. The van der Waals surface area contributed by atoms with Crippen LogP contribution in [-0.2, 0) is 13.7 Å². The van der Waals surface area contributed by atoms with Gasteiger partial charge in [0.15, 0.2) is 0 Å². The van der Waals surface area contributed by atoms with Crippen molar-refractivity contribution in [1.29, 1.82) is 0 Å². The summed E-state index contributed by atoms with van der Waals surface area (Å²) >= 11 is 4.99. The van der Waals surface area contributed by atoms with Gasteiger partial charge in [-0.25, -0.2) is 0 Å². The molecular weight excluding hydrogens is 357 g/mol. The largest absolute Gasteiger partial charge is 0.477 e. The second-order valence-electron chi connectivity index (χ2n) is 5.98. The van der Waals surface area contributed by atoms with Gasteiger partial charge in [-0.3, -0.25) is 0 Å². The molecule has 3 aromatic rings. The average Bonchev–Trinajstić information content (AvgIpc) is 3.28. The molecular formula is C15H15B3O3S3. The van der Waals surface area contributed by atoms with Crippen LogP contribution in [0.25, 0.3) is 0 Å². The molecule has 1 saturated heterocycles. The van der Waals surface area contributed by atoms with Crippen LogP contribution in [0.5, 0.6) is 0 Å². The summed E-state index contributed by atoms with van der Waals surface area (Å²) in [5.41, 5.74) is 3.67. The van der Waals surface area contributed by atoms with Gasteiger partial charge in [-0.2, -0.15) is 34.0 Å². The Morgan fingerprint density at radius 2 is 0.875 bits per heavy atom. The molecule has 0 unspecified atom stereocenters. The predicted octanol–water partition coefficient (Wildman–Crippen LogP) is 2.35. The Balaban J connectivity index is 1.65. The summed E-state index contributed by atoms with van der Waals surface area (Å²) in [7, 11) is -1.22. The maximum Gasteiger partial charge on any atom is 0.477 e. The minimum Gasteiger partial charge on any atom is -0.444 e. The molecule has 0 spiro atoms. The molecule has 4 heterocycles. The quantitative estimate of drug-likeness (QED) is 0.661. The zero-order valence-electron chi connectivity index (χ0n) is 13.6. The number of hydrogen-bond acceptors (Lipinski definition) is 6. The molecule has 3 nitrogen and oxygen atoms in total. The molecule has 0 bridgehead atoms. The van der Waals surface area contributed by atoms with Gasteiger partial charge in [0.2, 0.25) is 0 Å². The topological polar surface area (TPSA) is 27.7 Å². The Hall–Kier alpha value is -0.825. The first-order chi connectivity index (χ1) is 11.6. The summed E-state index contributed by atoms with van der Waals surface area (Å²) in [6.45, 7) is 6.25. The third-order valence-electron chi connectivity index (χ3n) is 3.69. The van der Waals surface area contributed by atoms with Gasteiger partial charge >= 0.3 is 21.4 Å². The third-order valence-corrected chi connectivity index (χ3v) is 6.91. The number of aryl methyl sites for hydroxylation is 3. The summed E-state index contributed by atoms with van der Waals surface area (Å²) in [5, 5.41) is 6.35. The molecule has 4 rings (SSSR count). The minimum absolute atomic E-state index is 0.405. The molecule has 1 fully saturated rings. The maximum absolute atomic E-state index is 6.12. The van der Waals surface area contributed by atoms with Gasteiger partial charge in [0.1, 0.15) is 0 Å². The summed E-state index contributed by atoms with van der Waals surface area (Å²) < 4.78 is 21.6. The van der Waals surface area contributed by atoms with Crippen LogP contribution in [0.4, 0.5) is 0 Å². The van der Waals surface area contributed by atoms with Crippen LogP contribution in [0.2, 0.25) is 0 Å². The summed E-state index contributed by atoms with van der Waals surface area (Å²) in [6, 6.07) is 6.36. The van der Waals surface area contributed by atoms with Gasteiger partial charge in [0, 0.05) is 14.3 Å². The molecule has 1 aliphatic rings. The van der Waals surface area contributed by atoms with E-state index in [0.717, 1.165) is 14.3 Å². The fourth-order valence-electron chi connectivity index (χ4n) is 2.57. The van der Waals surface area contributed by atoms with Crippen molar-refractivity contribution in [3.8, 4) is 0 Å². The Morgan fingerprint density at radius 1 is 0.583 bits per heavy atom. The zero-order chi connectivity index (χ0) is 16.7. The number of rotatable bonds is 3. The van der Waals surface area contributed by atoms with E-state index >= 15 is 0 Å². The molecule has 0 saturated carbocycles. The van der Waals surface area contributed by atoms with E-state index in [1.165, 1.54) is 16.7 Å². The van der Waals surface area contributed by atoms with E-state index in [1.807, 2.05) is 0 Å². The highest BCUT2D eigenvalue weighted by Gasteiger charge is 2.45. The molecule has 120 valence electrons. The Morgan fingerprint density at radius 3 is 1.08 bits per heavy atom. The Kier molecular flexibility index (Phi) is 4.73. The fraction of sp³-hybridized carbons (Fsp3) is 0.200. The van der Waals surface area contributed by atoms with Crippen molar-refractivity contribution >= 4 is 69.7 Å². The second-order valence-corrected chi connectivity index (χ2v) is 8.81. The summed E-state index contributed by atoms with van der Waals surface area (Å²) in [6.07, 6.45) is 0. The van der Waals surface area contributed by atoms with E-state index in [0.29, 0.717) is 0 Å². The maximum atomic E-state index is 6.12. The fourth-order valence-corrected chi connectivity index (χ4v) is 5.16. The molecule has 0 aliphatic carbocycles. The van der Waals surface area contributed by atoms with Crippen molar-refractivity contribution < 1.29 is 13.7 Å². The lowest BCUT2D eigenvalue weighted by Crippen LogP contribution is -2.60. The number of hydrogen-bond donors (Lipinski definition) is 0. The van der Waals surface area contributed by atoms with Crippen LogP contribution in [0.1, 0.15) is 16.7 Å². The van der Waals surface area contributed by atoms with Crippen molar-refractivity contribution in [3.63, 3.8) is 0 Å². The van der Waals surface area contributed by atoms with Crippen LogP contribution < -0.4 is 14.3 Å². The Labute approximate surface area is 155 Å². The molecule has 9 heteroatoms. The van der Waals surface area contributed by atoms with Gasteiger partial charge in [-0.1, -0.05) is 0 Å². The van der Waals surface area contributed by atoms with Crippen LogP contribution in [0.15, 0.2) is 34.3 Å². The highest BCUT2D eigenvalue weighted by atomic mass is 32.1. The van der Waals surface area contributed by atoms with Crippen molar-refractivity contribution in [2.24, 2.45) is 0 Å². The van der Waals surface area contributed by atoms with Gasteiger partial charge in [0.25, 0.3) is 0 Å².